The van der Waals surface area contributed by atoms with Crippen LogP contribution in [0.4, 0.5) is 0 Å². The van der Waals surface area contributed by atoms with Crippen LogP contribution >= 0.6 is 11.3 Å². The number of aryl methyl sites for hydroxylation is 2. The molecule has 2 aromatic rings. The standard InChI is InChI=1S/C24H30N4O2S/c1-9-11-12-17(10-2)21-20-14(3)15(4)31-23(20)28-16(5)26-27-22(28)18(25-21)13-19(29)30-24(6,7)8/h9-12,18H,2,13H2,1,3-8H3/b11-9-,17-12+/t18-/m0/s1. The SMILES string of the molecule is C=C/C(=C\C=C/C)C1=N[C@@H](CC(=O)OC(C)(C)C)c2nnc(C)n2-c2sc(C)c(C)c21. The number of thiophene rings is 1. The lowest BCUT2D eigenvalue weighted by molar-refractivity contribution is -0.155. The van der Waals surface area contributed by atoms with Gasteiger partial charge < -0.3 is 4.74 Å². The Labute approximate surface area is 188 Å². The Bertz CT molecular complexity index is 1110. The quantitative estimate of drug-likeness (QED) is 0.455. The third-order valence-electron chi connectivity index (χ3n) is 4.98. The summed E-state index contributed by atoms with van der Waals surface area (Å²) >= 11 is 1.68. The molecule has 0 spiro atoms. The van der Waals surface area contributed by atoms with Crippen LogP contribution in [0.3, 0.4) is 0 Å². The first-order chi connectivity index (χ1) is 14.6. The number of aliphatic imine (C=N–C) groups is 1. The molecule has 0 bridgehead atoms. The molecular weight excluding hydrogens is 408 g/mol. The number of allylic oxidation sites excluding steroid dienone is 5. The molecule has 164 valence electrons. The molecule has 1 aliphatic heterocycles. The van der Waals surface area contributed by atoms with Crippen LogP contribution in [0, 0.1) is 20.8 Å². The number of carbonyl (C=O) groups excluding carboxylic acids is 1. The molecule has 0 unspecified atom stereocenters. The van der Waals surface area contributed by atoms with Crippen molar-refractivity contribution in [1.29, 1.82) is 0 Å². The van der Waals surface area contributed by atoms with E-state index in [4.69, 9.17) is 9.73 Å². The number of fused-ring (bicyclic) bond motifs is 3. The molecule has 0 aliphatic carbocycles. The molecule has 0 fully saturated rings. The lowest BCUT2D eigenvalue weighted by atomic mass is 9.99. The van der Waals surface area contributed by atoms with E-state index in [9.17, 15) is 4.79 Å². The average Bonchev–Trinajstić information content (AvgIpc) is 3.14. The molecule has 31 heavy (non-hydrogen) atoms. The topological polar surface area (TPSA) is 69.4 Å². The summed E-state index contributed by atoms with van der Waals surface area (Å²) in [5.41, 5.74) is 3.33. The van der Waals surface area contributed by atoms with Crippen molar-refractivity contribution >= 4 is 23.0 Å². The number of aromatic nitrogens is 3. The van der Waals surface area contributed by atoms with Crippen LogP contribution in [0.15, 0.2) is 41.4 Å². The monoisotopic (exact) mass is 438 g/mol. The van der Waals surface area contributed by atoms with Crippen LogP contribution in [0.2, 0.25) is 0 Å². The summed E-state index contributed by atoms with van der Waals surface area (Å²) in [5.74, 6) is 1.10. The van der Waals surface area contributed by atoms with Crippen molar-refractivity contribution in [3.05, 3.63) is 64.1 Å². The molecule has 2 aromatic heterocycles. The van der Waals surface area contributed by atoms with Gasteiger partial charge in [0.05, 0.1) is 12.1 Å². The van der Waals surface area contributed by atoms with E-state index in [1.807, 2.05) is 57.4 Å². The molecular formula is C24H30N4O2S. The summed E-state index contributed by atoms with van der Waals surface area (Å²) in [6.07, 6.45) is 7.81. The van der Waals surface area contributed by atoms with Gasteiger partial charge in [0, 0.05) is 10.4 Å². The van der Waals surface area contributed by atoms with Gasteiger partial charge in [-0.1, -0.05) is 30.9 Å². The van der Waals surface area contributed by atoms with Crippen molar-refractivity contribution in [3.63, 3.8) is 0 Å². The summed E-state index contributed by atoms with van der Waals surface area (Å²) in [7, 11) is 0. The van der Waals surface area contributed by atoms with Crippen LogP contribution in [-0.4, -0.2) is 32.0 Å². The lowest BCUT2D eigenvalue weighted by Crippen LogP contribution is -2.25. The Morgan fingerprint density at radius 3 is 2.58 bits per heavy atom. The van der Waals surface area contributed by atoms with Crippen molar-refractivity contribution in [2.45, 2.75) is 66.5 Å². The summed E-state index contributed by atoms with van der Waals surface area (Å²) in [6.45, 7) is 17.7. The average molecular weight is 439 g/mol. The van der Waals surface area contributed by atoms with Gasteiger partial charge >= 0.3 is 5.97 Å². The van der Waals surface area contributed by atoms with E-state index in [0.29, 0.717) is 5.82 Å². The molecule has 7 heteroatoms. The van der Waals surface area contributed by atoms with Gasteiger partial charge in [-0.05, 0) is 59.6 Å². The molecule has 6 nitrogen and oxygen atoms in total. The molecule has 0 aromatic carbocycles. The van der Waals surface area contributed by atoms with Gasteiger partial charge in [-0.15, -0.1) is 21.5 Å². The van der Waals surface area contributed by atoms with Gasteiger partial charge in [0.2, 0.25) is 0 Å². The van der Waals surface area contributed by atoms with Crippen molar-refractivity contribution in [1.82, 2.24) is 14.8 Å². The summed E-state index contributed by atoms with van der Waals surface area (Å²) in [5, 5.41) is 9.73. The first-order valence-electron chi connectivity index (χ1n) is 10.4. The van der Waals surface area contributed by atoms with Gasteiger partial charge in [0.25, 0.3) is 0 Å². The number of hydrogen-bond acceptors (Lipinski definition) is 6. The Morgan fingerprint density at radius 2 is 1.97 bits per heavy atom. The Kier molecular flexibility index (Phi) is 6.46. The maximum Gasteiger partial charge on any atom is 0.308 e. The molecule has 0 N–H and O–H groups in total. The van der Waals surface area contributed by atoms with E-state index in [2.05, 4.69) is 30.6 Å². The van der Waals surface area contributed by atoms with Gasteiger partial charge in [0.1, 0.15) is 22.5 Å². The van der Waals surface area contributed by atoms with Crippen LogP contribution in [0.1, 0.15) is 67.8 Å². The van der Waals surface area contributed by atoms with E-state index < -0.39 is 11.6 Å². The van der Waals surface area contributed by atoms with E-state index >= 15 is 0 Å². The number of hydrogen-bond donors (Lipinski definition) is 0. The maximum atomic E-state index is 12.7. The number of rotatable bonds is 5. The van der Waals surface area contributed by atoms with Crippen molar-refractivity contribution in [2.24, 2.45) is 4.99 Å². The van der Waals surface area contributed by atoms with Gasteiger partial charge in [-0.25, -0.2) is 0 Å². The number of nitrogens with zero attached hydrogens (tertiary/aromatic N) is 4. The van der Waals surface area contributed by atoms with Gasteiger partial charge in [0.15, 0.2) is 5.82 Å². The van der Waals surface area contributed by atoms with E-state index in [1.165, 1.54) is 4.88 Å². The Morgan fingerprint density at radius 1 is 1.26 bits per heavy atom. The zero-order valence-corrected chi connectivity index (χ0v) is 20.1. The largest absolute Gasteiger partial charge is 0.460 e. The van der Waals surface area contributed by atoms with Crippen molar-refractivity contribution < 1.29 is 9.53 Å². The fourth-order valence-electron chi connectivity index (χ4n) is 3.51. The number of esters is 1. The second-order valence-electron chi connectivity index (χ2n) is 8.54. The first kappa shape index (κ1) is 22.9. The third kappa shape index (κ3) is 4.61. The molecule has 0 amide bonds. The predicted octanol–water partition coefficient (Wildman–Crippen LogP) is 5.52. The molecule has 0 radical (unpaired) electrons. The fraction of sp³-hybridized carbons (Fsp3) is 0.417. The summed E-state index contributed by atoms with van der Waals surface area (Å²) < 4.78 is 7.61. The molecule has 3 heterocycles. The predicted molar refractivity (Wildman–Crippen MR) is 126 cm³/mol. The highest BCUT2D eigenvalue weighted by Gasteiger charge is 2.33. The normalized spacial score (nSPS) is 16.5. The number of carbonyl (C=O) groups is 1. The highest BCUT2D eigenvalue weighted by Crippen LogP contribution is 2.39. The molecule has 0 saturated heterocycles. The molecule has 1 atom stereocenters. The van der Waals surface area contributed by atoms with Crippen LogP contribution in [0.25, 0.3) is 5.00 Å². The molecule has 1 aliphatic rings. The van der Waals surface area contributed by atoms with E-state index in [0.717, 1.165) is 33.2 Å². The zero-order chi connectivity index (χ0) is 22.9. The summed E-state index contributed by atoms with van der Waals surface area (Å²) in [6, 6.07) is -0.515. The third-order valence-corrected chi connectivity index (χ3v) is 6.17. The van der Waals surface area contributed by atoms with Crippen molar-refractivity contribution in [3.8, 4) is 5.00 Å². The van der Waals surface area contributed by atoms with Gasteiger partial charge in [-0.2, -0.15) is 0 Å². The Hall–Kier alpha value is -2.80. The number of ether oxygens (including phenoxy) is 1. The zero-order valence-electron chi connectivity index (χ0n) is 19.3. The minimum absolute atomic E-state index is 0.0832. The maximum absolute atomic E-state index is 12.7. The first-order valence-corrected chi connectivity index (χ1v) is 11.2. The Balaban J connectivity index is 2.24. The second-order valence-corrected chi connectivity index (χ2v) is 9.74. The van der Waals surface area contributed by atoms with Crippen LogP contribution in [0.5, 0.6) is 0 Å². The molecule has 0 saturated carbocycles. The molecule has 3 rings (SSSR count). The highest BCUT2D eigenvalue weighted by molar-refractivity contribution is 7.15. The van der Waals surface area contributed by atoms with E-state index in [1.54, 1.807) is 17.4 Å². The van der Waals surface area contributed by atoms with Crippen LogP contribution in [-0.2, 0) is 9.53 Å². The lowest BCUT2D eigenvalue weighted by Gasteiger charge is -2.21. The second kappa shape index (κ2) is 8.75. The minimum atomic E-state index is -0.567. The smallest absolute Gasteiger partial charge is 0.308 e. The minimum Gasteiger partial charge on any atom is -0.460 e. The van der Waals surface area contributed by atoms with Crippen molar-refractivity contribution in [2.75, 3.05) is 0 Å². The van der Waals surface area contributed by atoms with Gasteiger partial charge in [-0.3, -0.25) is 14.4 Å². The fourth-order valence-corrected chi connectivity index (χ4v) is 4.72. The summed E-state index contributed by atoms with van der Waals surface area (Å²) in [4.78, 5) is 19.0. The van der Waals surface area contributed by atoms with E-state index in [-0.39, 0.29) is 12.4 Å². The van der Waals surface area contributed by atoms with Crippen LogP contribution < -0.4 is 0 Å². The highest BCUT2D eigenvalue weighted by atomic mass is 32.1.